The van der Waals surface area contributed by atoms with Crippen molar-refractivity contribution in [2.24, 2.45) is 0 Å². The maximum Gasteiger partial charge on any atom is 0.246 e. The Hall–Kier alpha value is -2.08. The molecule has 0 spiro atoms. The van der Waals surface area contributed by atoms with E-state index in [1.807, 2.05) is 12.1 Å². The van der Waals surface area contributed by atoms with Gasteiger partial charge in [-0.15, -0.1) is 0 Å². The molecule has 1 rings (SSSR count). The lowest BCUT2D eigenvalue weighted by Gasteiger charge is -2.05. The van der Waals surface area contributed by atoms with Crippen LogP contribution in [0.2, 0.25) is 0 Å². The van der Waals surface area contributed by atoms with Crippen LogP contribution < -0.4 is 0 Å². The van der Waals surface area contributed by atoms with Crippen molar-refractivity contribution in [1.29, 1.82) is 0 Å². The van der Waals surface area contributed by atoms with Crippen LogP contribution in [0.3, 0.4) is 0 Å². The molecule has 0 N–H and O–H groups in total. The summed E-state index contributed by atoms with van der Waals surface area (Å²) >= 11 is 0. The molecule has 0 heterocycles. The van der Waals surface area contributed by atoms with Gasteiger partial charge >= 0.3 is 0 Å². The van der Waals surface area contributed by atoms with Gasteiger partial charge in [0.25, 0.3) is 0 Å². The number of benzene rings is 1. The Morgan fingerprint density at radius 1 is 1.40 bits per heavy atom. The summed E-state index contributed by atoms with van der Waals surface area (Å²) in [5.41, 5.74) is 1.32. The molecular formula is C12H12N2O. The maximum atomic E-state index is 11.3. The van der Waals surface area contributed by atoms with Crippen molar-refractivity contribution in [3.8, 4) is 0 Å². The van der Waals surface area contributed by atoms with Gasteiger partial charge in [0.1, 0.15) is 0 Å². The fourth-order valence-electron chi connectivity index (χ4n) is 1.04. The summed E-state index contributed by atoms with van der Waals surface area (Å²) in [6.45, 7) is 6.95. The molecule has 0 aliphatic heterocycles. The summed E-state index contributed by atoms with van der Waals surface area (Å²) in [6.07, 6.45) is 3.12. The van der Waals surface area contributed by atoms with E-state index >= 15 is 0 Å². The molecule has 0 saturated heterocycles. The largest absolute Gasteiger partial charge is 0.345 e. The van der Waals surface area contributed by atoms with E-state index in [4.69, 9.17) is 6.57 Å². The minimum atomic E-state index is -0.0882. The smallest absolute Gasteiger partial charge is 0.246 e. The van der Waals surface area contributed by atoms with Crippen molar-refractivity contribution >= 4 is 17.7 Å². The molecule has 1 aromatic carbocycles. The first-order valence-corrected chi connectivity index (χ1v) is 4.51. The maximum absolute atomic E-state index is 11.3. The molecule has 15 heavy (non-hydrogen) atoms. The second-order valence-electron chi connectivity index (χ2n) is 3.24. The minimum absolute atomic E-state index is 0.0882. The van der Waals surface area contributed by atoms with Gasteiger partial charge in [0.05, 0.1) is 6.57 Å². The molecule has 3 heteroatoms. The van der Waals surface area contributed by atoms with E-state index < -0.39 is 0 Å². The number of carbonyl (C=O) groups excluding carboxylic acids is 1. The Morgan fingerprint density at radius 2 is 2.07 bits per heavy atom. The number of hydrogen-bond donors (Lipinski definition) is 0. The van der Waals surface area contributed by atoms with Gasteiger partial charge in [-0.25, -0.2) is 4.85 Å². The number of likely N-dealkylation sites (N-methyl/N-ethyl adjacent to an activating group) is 1. The number of carbonyl (C=O) groups is 1. The third-order valence-electron chi connectivity index (χ3n) is 1.90. The van der Waals surface area contributed by atoms with Gasteiger partial charge in [-0.2, -0.15) is 0 Å². The predicted molar refractivity (Wildman–Crippen MR) is 60.4 cm³/mol. The topological polar surface area (TPSA) is 24.7 Å². The van der Waals surface area contributed by atoms with Crippen LogP contribution in [0.4, 0.5) is 5.69 Å². The second kappa shape index (κ2) is 4.97. The third-order valence-corrected chi connectivity index (χ3v) is 1.90. The lowest BCUT2D eigenvalue weighted by Crippen LogP contribution is -2.18. The number of nitrogens with zero attached hydrogens (tertiary/aromatic N) is 2. The monoisotopic (exact) mass is 200 g/mol. The molecule has 76 valence electrons. The average Bonchev–Trinajstić information content (AvgIpc) is 2.26. The summed E-state index contributed by atoms with van der Waals surface area (Å²) in [4.78, 5) is 16.1. The summed E-state index contributed by atoms with van der Waals surface area (Å²) in [5.74, 6) is -0.0882. The molecule has 0 radical (unpaired) electrons. The summed E-state index contributed by atoms with van der Waals surface area (Å²) in [6, 6.07) is 7.19. The van der Waals surface area contributed by atoms with Crippen LogP contribution in [0.25, 0.3) is 10.9 Å². The highest BCUT2D eigenvalue weighted by molar-refractivity contribution is 5.92. The predicted octanol–water partition coefficient (Wildman–Crippen LogP) is 2.34. The van der Waals surface area contributed by atoms with E-state index in [9.17, 15) is 4.79 Å². The number of amides is 1. The molecule has 1 aromatic rings. The molecule has 1 amide bonds. The summed E-state index contributed by atoms with van der Waals surface area (Å²) in [5, 5.41) is 0. The van der Waals surface area contributed by atoms with Gasteiger partial charge in [0.15, 0.2) is 5.69 Å². The molecule has 0 aromatic heterocycles. The van der Waals surface area contributed by atoms with Crippen molar-refractivity contribution in [3.63, 3.8) is 0 Å². The number of hydrogen-bond acceptors (Lipinski definition) is 1. The van der Waals surface area contributed by atoms with Crippen molar-refractivity contribution in [2.45, 2.75) is 0 Å². The Balaban J connectivity index is 2.90. The van der Waals surface area contributed by atoms with Crippen LogP contribution in [0.15, 0.2) is 30.3 Å². The Bertz CT molecular complexity index is 427. The second-order valence-corrected chi connectivity index (χ2v) is 3.24. The highest BCUT2D eigenvalue weighted by Gasteiger charge is 1.99. The van der Waals surface area contributed by atoms with Gasteiger partial charge in [0.2, 0.25) is 5.91 Å². The van der Waals surface area contributed by atoms with Gasteiger partial charge in [0, 0.05) is 20.2 Å². The Labute approximate surface area is 89.5 Å². The Morgan fingerprint density at radius 3 is 2.67 bits per heavy atom. The fourth-order valence-corrected chi connectivity index (χ4v) is 1.04. The van der Waals surface area contributed by atoms with E-state index in [1.54, 1.807) is 32.3 Å². The van der Waals surface area contributed by atoms with Crippen LogP contribution in [0, 0.1) is 6.57 Å². The average molecular weight is 200 g/mol. The normalized spacial score (nSPS) is 9.93. The molecule has 0 saturated carbocycles. The van der Waals surface area contributed by atoms with Crippen LogP contribution in [-0.4, -0.2) is 24.9 Å². The molecule has 0 aliphatic carbocycles. The molecule has 0 unspecified atom stereocenters. The van der Waals surface area contributed by atoms with Gasteiger partial charge in [-0.3, -0.25) is 4.79 Å². The van der Waals surface area contributed by atoms with Crippen LogP contribution in [-0.2, 0) is 4.79 Å². The lowest BCUT2D eigenvalue weighted by atomic mass is 10.1. The van der Waals surface area contributed by atoms with E-state index in [-0.39, 0.29) is 5.91 Å². The van der Waals surface area contributed by atoms with E-state index in [1.165, 1.54) is 11.0 Å². The zero-order chi connectivity index (χ0) is 11.3. The summed E-state index contributed by atoms with van der Waals surface area (Å²) in [7, 11) is 3.38. The highest BCUT2D eigenvalue weighted by atomic mass is 16.2. The minimum Gasteiger partial charge on any atom is -0.345 e. The SMILES string of the molecule is [C-]#[N+]c1ccccc1/C=C/C(=O)N(C)C. The Kier molecular flexibility index (Phi) is 3.64. The van der Waals surface area contributed by atoms with Crippen LogP contribution in [0.1, 0.15) is 5.56 Å². The molecule has 0 bridgehead atoms. The first-order valence-electron chi connectivity index (χ1n) is 4.51. The third kappa shape index (κ3) is 2.96. The standard InChI is InChI=1S/C12H12N2O/c1-13-11-7-5-4-6-10(11)8-9-12(15)14(2)3/h4-9H,2-3H3/b9-8+. The first kappa shape index (κ1) is 11.0. The number of para-hydroxylation sites is 1. The van der Waals surface area contributed by atoms with Crippen molar-refractivity contribution in [1.82, 2.24) is 4.90 Å². The highest BCUT2D eigenvalue weighted by Crippen LogP contribution is 2.19. The molecule has 0 fully saturated rings. The fraction of sp³-hybridized carbons (Fsp3) is 0.167. The summed E-state index contributed by atoms with van der Waals surface area (Å²) < 4.78 is 0. The lowest BCUT2D eigenvalue weighted by molar-refractivity contribution is -0.123. The van der Waals surface area contributed by atoms with Gasteiger partial charge < -0.3 is 4.90 Å². The first-order chi connectivity index (χ1) is 7.15. The van der Waals surface area contributed by atoms with E-state index in [0.29, 0.717) is 5.69 Å². The molecule has 0 atom stereocenters. The zero-order valence-electron chi connectivity index (χ0n) is 8.77. The van der Waals surface area contributed by atoms with E-state index in [2.05, 4.69) is 4.85 Å². The van der Waals surface area contributed by atoms with Gasteiger partial charge in [-0.05, 0) is 5.56 Å². The molecular weight excluding hydrogens is 188 g/mol. The van der Waals surface area contributed by atoms with Crippen LogP contribution >= 0.6 is 0 Å². The number of rotatable bonds is 2. The van der Waals surface area contributed by atoms with Gasteiger partial charge in [-0.1, -0.05) is 30.3 Å². The van der Waals surface area contributed by atoms with Crippen molar-refractivity contribution in [2.75, 3.05) is 14.1 Å². The quantitative estimate of drug-likeness (QED) is 0.531. The molecule has 0 aliphatic rings. The van der Waals surface area contributed by atoms with Crippen LogP contribution in [0.5, 0.6) is 0 Å². The zero-order valence-corrected chi connectivity index (χ0v) is 8.77. The van der Waals surface area contributed by atoms with Crippen molar-refractivity contribution < 1.29 is 4.79 Å². The van der Waals surface area contributed by atoms with E-state index in [0.717, 1.165) is 5.56 Å². The van der Waals surface area contributed by atoms with Crippen molar-refractivity contribution in [3.05, 3.63) is 47.3 Å². The molecule has 3 nitrogen and oxygen atoms in total.